The van der Waals surface area contributed by atoms with Crippen LogP contribution < -0.4 is 10.1 Å². The third-order valence-electron chi connectivity index (χ3n) is 6.34. The summed E-state index contributed by atoms with van der Waals surface area (Å²) in [6.07, 6.45) is 0.962. The van der Waals surface area contributed by atoms with Crippen LogP contribution in [0.4, 0.5) is 0 Å². The molecule has 2 atom stereocenters. The summed E-state index contributed by atoms with van der Waals surface area (Å²) in [5, 5.41) is 12.1. The molecule has 0 aromatic heterocycles. The highest BCUT2D eigenvalue weighted by molar-refractivity contribution is 9.10. The number of carbonyl (C=O) groups is 1. The molecule has 0 aliphatic carbocycles. The number of hydrogen-bond donors (Lipinski definition) is 2. The normalized spacial score (nSPS) is 18.5. The number of amides is 1. The van der Waals surface area contributed by atoms with Crippen LogP contribution in [0, 0.1) is 0 Å². The van der Waals surface area contributed by atoms with Gasteiger partial charge >= 0.3 is 0 Å². The van der Waals surface area contributed by atoms with Gasteiger partial charge in [0.15, 0.2) is 11.6 Å². The average molecular weight is 582 g/mol. The number of halogens is 1. The van der Waals surface area contributed by atoms with Crippen LogP contribution in [0.25, 0.3) is 0 Å². The molecule has 7 nitrogen and oxygen atoms in total. The molecule has 2 N–H and O–H groups in total. The van der Waals surface area contributed by atoms with Crippen LogP contribution in [0.3, 0.4) is 0 Å². The third kappa shape index (κ3) is 6.62. The Morgan fingerprint density at radius 3 is 2.47 bits per heavy atom. The second kappa shape index (κ2) is 13.6. The zero-order chi connectivity index (χ0) is 26.8. The Kier molecular flexibility index (Phi) is 9.92. The number of nitrogens with zero attached hydrogens (tertiary/aromatic N) is 1. The molecule has 1 amide bonds. The van der Waals surface area contributed by atoms with Crippen molar-refractivity contribution in [1.82, 2.24) is 5.32 Å². The number of aliphatic hydroxyl groups is 1. The SMILES string of the molecule is COCCCNC(=O)[C@]1(Cc2ccccc2)N=C(c2ccc(OCCCO)cc2)O[C@@H]1c1ccccc1Br. The van der Waals surface area contributed by atoms with Crippen LogP contribution in [-0.2, 0) is 20.7 Å². The third-order valence-corrected chi connectivity index (χ3v) is 7.07. The van der Waals surface area contributed by atoms with E-state index in [-0.39, 0.29) is 12.5 Å². The van der Waals surface area contributed by atoms with Crippen LogP contribution in [0.1, 0.15) is 35.6 Å². The molecule has 3 aromatic rings. The van der Waals surface area contributed by atoms with Crippen LogP contribution in [0.15, 0.2) is 88.3 Å². The van der Waals surface area contributed by atoms with Crippen molar-refractivity contribution in [1.29, 1.82) is 0 Å². The Hall–Kier alpha value is -3.20. The van der Waals surface area contributed by atoms with Crippen LogP contribution >= 0.6 is 15.9 Å². The number of nitrogens with one attached hydrogen (secondary N) is 1. The molecule has 0 saturated carbocycles. The Balaban J connectivity index is 1.74. The van der Waals surface area contributed by atoms with Gasteiger partial charge in [0.05, 0.1) is 6.61 Å². The van der Waals surface area contributed by atoms with E-state index in [9.17, 15) is 4.79 Å². The standard InChI is InChI=1S/C30H33BrN2O5/c1-36-19-7-17-32-29(35)30(21-22-9-3-2-4-10-22)27(25-11-5-6-12-26(25)31)38-28(33-30)23-13-15-24(16-14-23)37-20-8-18-34/h2-6,9-16,27,34H,7-8,17-21H2,1H3,(H,32,35)/t27-,30-/m1/s1. The molecule has 8 heteroatoms. The number of benzene rings is 3. The predicted octanol–water partition coefficient (Wildman–Crippen LogP) is 4.86. The maximum Gasteiger partial charge on any atom is 0.252 e. The Labute approximate surface area is 232 Å². The molecule has 4 rings (SSSR count). The molecule has 1 heterocycles. The van der Waals surface area contributed by atoms with E-state index < -0.39 is 11.6 Å². The maximum atomic E-state index is 14.0. The lowest BCUT2D eigenvalue weighted by Gasteiger charge is -2.31. The predicted molar refractivity (Wildman–Crippen MR) is 151 cm³/mol. The first-order valence-corrected chi connectivity index (χ1v) is 13.5. The monoisotopic (exact) mass is 580 g/mol. The molecule has 1 aliphatic rings. The van der Waals surface area contributed by atoms with Gasteiger partial charge in [-0.15, -0.1) is 0 Å². The van der Waals surface area contributed by atoms with Gasteiger partial charge in [-0.1, -0.05) is 64.5 Å². The minimum Gasteiger partial charge on any atom is -0.494 e. The quantitative estimate of drug-likeness (QED) is 0.282. The maximum absolute atomic E-state index is 14.0. The molecule has 0 unspecified atom stereocenters. The Morgan fingerprint density at radius 2 is 1.76 bits per heavy atom. The topological polar surface area (TPSA) is 89.4 Å². The van der Waals surface area contributed by atoms with E-state index >= 15 is 0 Å². The summed E-state index contributed by atoms with van der Waals surface area (Å²) < 4.78 is 18.2. The fraction of sp³-hybridized carbons (Fsp3) is 0.333. The molecular formula is C30H33BrN2O5. The lowest BCUT2D eigenvalue weighted by Crippen LogP contribution is -2.50. The zero-order valence-electron chi connectivity index (χ0n) is 21.4. The number of aliphatic imine (C=N–C) groups is 1. The fourth-order valence-electron chi connectivity index (χ4n) is 4.43. The molecule has 0 bridgehead atoms. The summed E-state index contributed by atoms with van der Waals surface area (Å²) in [6, 6.07) is 25.1. The largest absolute Gasteiger partial charge is 0.494 e. The van der Waals surface area contributed by atoms with Gasteiger partial charge in [0.1, 0.15) is 5.75 Å². The first-order chi connectivity index (χ1) is 18.6. The van der Waals surface area contributed by atoms with Crippen molar-refractivity contribution in [2.24, 2.45) is 4.99 Å². The molecule has 200 valence electrons. The number of ether oxygens (including phenoxy) is 3. The van der Waals surface area contributed by atoms with E-state index in [1.807, 2.05) is 78.9 Å². The second-order valence-corrected chi connectivity index (χ2v) is 9.93. The lowest BCUT2D eigenvalue weighted by molar-refractivity contribution is -0.129. The molecule has 38 heavy (non-hydrogen) atoms. The van der Waals surface area contributed by atoms with E-state index in [4.69, 9.17) is 24.3 Å². The lowest BCUT2D eigenvalue weighted by atomic mass is 9.82. The van der Waals surface area contributed by atoms with Crippen molar-refractivity contribution in [3.63, 3.8) is 0 Å². The number of carbonyl (C=O) groups excluding carboxylic acids is 1. The fourth-order valence-corrected chi connectivity index (χ4v) is 4.92. The van der Waals surface area contributed by atoms with E-state index in [0.717, 1.165) is 21.2 Å². The highest BCUT2D eigenvalue weighted by Gasteiger charge is 2.53. The molecule has 0 spiro atoms. The molecule has 3 aromatic carbocycles. The van der Waals surface area contributed by atoms with Gasteiger partial charge in [0, 0.05) is 55.3 Å². The minimum absolute atomic E-state index is 0.0796. The first-order valence-electron chi connectivity index (χ1n) is 12.7. The van der Waals surface area contributed by atoms with Crippen molar-refractivity contribution in [2.45, 2.75) is 30.9 Å². The summed E-state index contributed by atoms with van der Waals surface area (Å²) in [5.74, 6) is 0.891. The van der Waals surface area contributed by atoms with Crippen LogP contribution in [0.2, 0.25) is 0 Å². The van der Waals surface area contributed by atoms with Crippen LogP contribution in [-0.4, -0.2) is 55.9 Å². The van der Waals surface area contributed by atoms with Gasteiger partial charge in [0.25, 0.3) is 5.91 Å². The van der Waals surface area contributed by atoms with Crippen molar-refractivity contribution in [3.8, 4) is 5.75 Å². The first kappa shape index (κ1) is 27.8. The summed E-state index contributed by atoms with van der Waals surface area (Å²) in [4.78, 5) is 19.1. The van der Waals surface area contributed by atoms with Crippen molar-refractivity contribution < 1.29 is 24.1 Å². The highest BCUT2D eigenvalue weighted by atomic mass is 79.9. The molecule has 0 radical (unpaired) electrons. The Bertz CT molecular complexity index is 1220. The van der Waals surface area contributed by atoms with E-state index in [1.165, 1.54) is 0 Å². The van der Waals surface area contributed by atoms with E-state index in [2.05, 4.69) is 21.2 Å². The van der Waals surface area contributed by atoms with Gasteiger partial charge in [0.2, 0.25) is 5.90 Å². The highest BCUT2D eigenvalue weighted by Crippen LogP contribution is 2.44. The van der Waals surface area contributed by atoms with E-state index in [0.29, 0.717) is 50.7 Å². The number of rotatable bonds is 13. The van der Waals surface area contributed by atoms with Gasteiger partial charge in [-0.2, -0.15) is 0 Å². The van der Waals surface area contributed by atoms with Gasteiger partial charge < -0.3 is 24.6 Å². The smallest absolute Gasteiger partial charge is 0.252 e. The van der Waals surface area contributed by atoms with E-state index in [1.54, 1.807) is 7.11 Å². The van der Waals surface area contributed by atoms with Crippen molar-refractivity contribution in [3.05, 3.63) is 100 Å². The van der Waals surface area contributed by atoms with Crippen LogP contribution in [0.5, 0.6) is 5.75 Å². The molecule has 0 fully saturated rings. The summed E-state index contributed by atoms with van der Waals surface area (Å²) in [5.41, 5.74) is 1.35. The summed E-state index contributed by atoms with van der Waals surface area (Å²) >= 11 is 3.67. The number of methoxy groups -OCH3 is 1. The molecular weight excluding hydrogens is 548 g/mol. The van der Waals surface area contributed by atoms with Gasteiger partial charge in [-0.05, 0) is 42.3 Å². The van der Waals surface area contributed by atoms with Gasteiger partial charge in [-0.3, -0.25) is 4.79 Å². The second-order valence-electron chi connectivity index (χ2n) is 9.08. The van der Waals surface area contributed by atoms with Crippen molar-refractivity contribution >= 4 is 27.7 Å². The minimum atomic E-state index is -1.23. The Morgan fingerprint density at radius 1 is 1.03 bits per heavy atom. The summed E-state index contributed by atoms with van der Waals surface area (Å²) in [6.45, 7) is 1.53. The summed E-state index contributed by atoms with van der Waals surface area (Å²) in [7, 11) is 1.64. The van der Waals surface area contributed by atoms with Gasteiger partial charge in [-0.25, -0.2) is 4.99 Å². The molecule has 1 aliphatic heterocycles. The average Bonchev–Trinajstić information content (AvgIpc) is 3.32. The zero-order valence-corrected chi connectivity index (χ0v) is 23.0. The van der Waals surface area contributed by atoms with Crippen molar-refractivity contribution in [2.75, 3.05) is 33.5 Å². The molecule has 0 saturated heterocycles. The number of hydrogen-bond acceptors (Lipinski definition) is 6. The number of aliphatic hydroxyl groups excluding tert-OH is 1.